The van der Waals surface area contributed by atoms with Gasteiger partial charge in [0.1, 0.15) is 29.1 Å². The van der Waals surface area contributed by atoms with Crippen molar-refractivity contribution in [3.05, 3.63) is 34.5 Å². The quantitative estimate of drug-likeness (QED) is 0.390. The Bertz CT molecular complexity index is 1210. The number of fused-ring (bicyclic) bond motifs is 3. The molecule has 0 spiro atoms. The summed E-state index contributed by atoms with van der Waals surface area (Å²) in [5.41, 5.74) is 8.29. The number of alkyl halides is 3. The van der Waals surface area contributed by atoms with E-state index in [1.807, 2.05) is 0 Å². The number of thiophene rings is 1. The zero-order valence-electron chi connectivity index (χ0n) is 16.9. The lowest BCUT2D eigenvalue weighted by molar-refractivity contribution is -0.162. The van der Waals surface area contributed by atoms with Gasteiger partial charge in [0.25, 0.3) is 0 Å². The Kier molecular flexibility index (Phi) is 5.63. The van der Waals surface area contributed by atoms with Crippen LogP contribution in [0.4, 0.5) is 30.4 Å². The SMILES string of the molecule is COc1cc(N)c(C=N)cc1Nc1ncnc2sc3c(c12)CCN(C(=O)CC(F)(F)F)C3. The fraction of sp³-hybridized carbons (Fsp3) is 0.300. The van der Waals surface area contributed by atoms with Gasteiger partial charge in [0.15, 0.2) is 0 Å². The number of carbonyl (C=O) groups is 1. The van der Waals surface area contributed by atoms with E-state index in [9.17, 15) is 18.0 Å². The van der Waals surface area contributed by atoms with Crippen LogP contribution >= 0.6 is 11.3 Å². The molecule has 1 amide bonds. The van der Waals surface area contributed by atoms with Crippen LogP contribution in [-0.2, 0) is 17.8 Å². The second-order valence-electron chi connectivity index (χ2n) is 7.21. The fourth-order valence-electron chi connectivity index (χ4n) is 3.65. The maximum atomic E-state index is 12.6. The minimum absolute atomic E-state index is 0.105. The standard InChI is InChI=1S/C20H19F3N6O2S/c1-31-14-5-12(25)10(7-24)4-13(14)28-18-17-11-2-3-29(16(30)6-20(21,22)23)8-15(11)32-19(17)27-9-26-18/h4-5,7,9,24H,2-3,6,8,25H2,1H3,(H,26,27,28). The van der Waals surface area contributed by atoms with Crippen molar-refractivity contribution >= 4 is 50.9 Å². The van der Waals surface area contributed by atoms with E-state index in [0.717, 1.165) is 22.0 Å². The first-order valence-corrected chi connectivity index (χ1v) is 10.4. The number of nitrogens with two attached hydrogens (primary N) is 1. The molecule has 0 fully saturated rings. The number of hydrogen-bond donors (Lipinski definition) is 3. The van der Waals surface area contributed by atoms with E-state index in [0.29, 0.717) is 39.8 Å². The summed E-state index contributed by atoms with van der Waals surface area (Å²) in [6.07, 6.45) is -3.08. The van der Waals surface area contributed by atoms with Crippen LogP contribution in [0, 0.1) is 5.41 Å². The minimum Gasteiger partial charge on any atom is -0.494 e. The van der Waals surface area contributed by atoms with Crippen LogP contribution in [0.15, 0.2) is 18.5 Å². The third kappa shape index (κ3) is 4.17. The zero-order valence-corrected chi connectivity index (χ0v) is 17.7. The highest BCUT2D eigenvalue weighted by molar-refractivity contribution is 7.19. The van der Waals surface area contributed by atoms with Gasteiger partial charge < -0.3 is 26.1 Å². The van der Waals surface area contributed by atoms with Crippen LogP contribution in [0.3, 0.4) is 0 Å². The Hall–Kier alpha value is -3.41. The minimum atomic E-state index is -4.53. The van der Waals surface area contributed by atoms with Crippen LogP contribution in [0.2, 0.25) is 0 Å². The average molecular weight is 464 g/mol. The Balaban J connectivity index is 1.69. The summed E-state index contributed by atoms with van der Waals surface area (Å²) in [6, 6.07) is 3.28. The van der Waals surface area contributed by atoms with Gasteiger partial charge in [0.05, 0.1) is 24.7 Å². The molecule has 0 bridgehead atoms. The van der Waals surface area contributed by atoms with Crippen LogP contribution in [0.1, 0.15) is 22.4 Å². The number of benzene rings is 1. The molecule has 4 rings (SSSR count). The van der Waals surface area contributed by atoms with Crippen molar-refractivity contribution in [2.75, 3.05) is 24.7 Å². The van der Waals surface area contributed by atoms with Gasteiger partial charge in [-0.05, 0) is 18.1 Å². The van der Waals surface area contributed by atoms with E-state index >= 15 is 0 Å². The number of nitrogen functional groups attached to an aromatic ring is 1. The zero-order chi connectivity index (χ0) is 23.0. The topological polar surface area (TPSA) is 117 Å². The lowest BCUT2D eigenvalue weighted by atomic mass is 10.0. The predicted octanol–water partition coefficient (Wildman–Crippen LogP) is 3.86. The molecule has 12 heteroatoms. The van der Waals surface area contributed by atoms with Gasteiger partial charge in [-0.3, -0.25) is 4.79 Å². The Labute approximate surface area is 184 Å². The average Bonchev–Trinajstić information content (AvgIpc) is 3.12. The normalized spacial score (nSPS) is 13.7. The second kappa shape index (κ2) is 8.26. The summed E-state index contributed by atoms with van der Waals surface area (Å²) < 4.78 is 43.3. The fourth-order valence-corrected chi connectivity index (χ4v) is 4.85. The van der Waals surface area contributed by atoms with Gasteiger partial charge in [-0.2, -0.15) is 13.2 Å². The number of carbonyl (C=O) groups excluding carboxylic acids is 1. The molecule has 8 nitrogen and oxygen atoms in total. The number of methoxy groups -OCH3 is 1. The summed E-state index contributed by atoms with van der Waals surface area (Å²) in [6.45, 7) is 0.291. The lowest BCUT2D eigenvalue weighted by Gasteiger charge is -2.27. The van der Waals surface area contributed by atoms with E-state index in [4.69, 9.17) is 15.9 Å². The number of aromatic nitrogens is 2. The molecule has 0 saturated heterocycles. The van der Waals surface area contributed by atoms with Crippen LogP contribution in [0.5, 0.6) is 5.75 Å². The van der Waals surface area contributed by atoms with E-state index in [2.05, 4.69) is 15.3 Å². The van der Waals surface area contributed by atoms with E-state index in [1.54, 1.807) is 12.1 Å². The van der Waals surface area contributed by atoms with Crippen molar-refractivity contribution in [2.45, 2.75) is 25.6 Å². The third-order valence-corrected chi connectivity index (χ3v) is 6.28. The highest BCUT2D eigenvalue weighted by Gasteiger charge is 2.35. The van der Waals surface area contributed by atoms with Crippen molar-refractivity contribution in [1.29, 1.82) is 5.41 Å². The maximum absolute atomic E-state index is 12.6. The van der Waals surface area contributed by atoms with Crippen molar-refractivity contribution in [1.82, 2.24) is 14.9 Å². The monoisotopic (exact) mass is 464 g/mol. The number of rotatable bonds is 5. The Morgan fingerprint density at radius 2 is 2.19 bits per heavy atom. The molecule has 1 aromatic carbocycles. The number of ether oxygens (including phenoxy) is 1. The molecule has 0 radical (unpaired) electrons. The maximum Gasteiger partial charge on any atom is 0.397 e. The molecule has 4 N–H and O–H groups in total. The first kappa shape index (κ1) is 21.8. The predicted molar refractivity (Wildman–Crippen MR) is 116 cm³/mol. The van der Waals surface area contributed by atoms with Gasteiger partial charge >= 0.3 is 6.18 Å². The molecule has 168 valence electrons. The van der Waals surface area contributed by atoms with Gasteiger partial charge in [0.2, 0.25) is 5.91 Å². The Morgan fingerprint density at radius 3 is 2.88 bits per heavy atom. The molecule has 0 saturated carbocycles. The van der Waals surface area contributed by atoms with Gasteiger partial charge in [0, 0.05) is 35.0 Å². The molecule has 0 unspecified atom stereocenters. The lowest BCUT2D eigenvalue weighted by Crippen LogP contribution is -2.37. The second-order valence-corrected chi connectivity index (χ2v) is 8.30. The van der Waals surface area contributed by atoms with Crippen molar-refractivity contribution in [3.8, 4) is 5.75 Å². The van der Waals surface area contributed by atoms with E-state index in [-0.39, 0.29) is 13.1 Å². The van der Waals surface area contributed by atoms with Gasteiger partial charge in [-0.15, -0.1) is 11.3 Å². The first-order chi connectivity index (χ1) is 15.2. The molecule has 2 aromatic heterocycles. The number of nitrogens with zero attached hydrogens (tertiary/aromatic N) is 3. The molecular weight excluding hydrogens is 445 g/mol. The van der Waals surface area contributed by atoms with E-state index < -0.39 is 18.5 Å². The number of halogens is 3. The molecule has 3 aromatic rings. The van der Waals surface area contributed by atoms with Crippen LogP contribution in [-0.4, -0.2) is 46.8 Å². The Morgan fingerprint density at radius 1 is 1.41 bits per heavy atom. The molecule has 0 atom stereocenters. The summed E-state index contributed by atoms with van der Waals surface area (Å²) in [4.78, 5) is 23.4. The van der Waals surface area contributed by atoms with Gasteiger partial charge in [-0.25, -0.2) is 9.97 Å². The number of hydrogen-bond acceptors (Lipinski definition) is 8. The highest BCUT2D eigenvalue weighted by atomic mass is 32.1. The first-order valence-electron chi connectivity index (χ1n) is 9.55. The number of anilines is 3. The van der Waals surface area contributed by atoms with E-state index in [1.165, 1.54) is 29.7 Å². The van der Waals surface area contributed by atoms with Crippen LogP contribution < -0.4 is 15.8 Å². The summed E-state index contributed by atoms with van der Waals surface area (Å²) in [5.74, 6) is 0.0327. The van der Waals surface area contributed by atoms with Crippen LogP contribution in [0.25, 0.3) is 10.2 Å². The van der Waals surface area contributed by atoms with Crippen molar-refractivity contribution < 1.29 is 22.7 Å². The van der Waals surface area contributed by atoms with Gasteiger partial charge in [-0.1, -0.05) is 0 Å². The number of amides is 1. The van der Waals surface area contributed by atoms with Crippen molar-refractivity contribution in [2.24, 2.45) is 0 Å². The third-order valence-electron chi connectivity index (χ3n) is 5.16. The molecule has 1 aliphatic rings. The molecule has 1 aliphatic heterocycles. The largest absolute Gasteiger partial charge is 0.494 e. The molecule has 3 heterocycles. The summed E-state index contributed by atoms with van der Waals surface area (Å²) in [5, 5.41) is 11.5. The molecule has 32 heavy (non-hydrogen) atoms. The molecule has 0 aliphatic carbocycles. The highest BCUT2D eigenvalue weighted by Crippen LogP contribution is 2.40. The number of nitrogens with one attached hydrogen (secondary N) is 2. The van der Waals surface area contributed by atoms with Crippen molar-refractivity contribution in [3.63, 3.8) is 0 Å². The summed E-state index contributed by atoms with van der Waals surface area (Å²) in [7, 11) is 1.50. The summed E-state index contributed by atoms with van der Waals surface area (Å²) >= 11 is 1.33. The smallest absolute Gasteiger partial charge is 0.397 e. The molecular formula is C20H19F3N6O2S.